The van der Waals surface area contributed by atoms with E-state index in [4.69, 9.17) is 4.74 Å². The smallest absolute Gasteiger partial charge is 0.119 e. The molecule has 6 nitrogen and oxygen atoms in total. The summed E-state index contributed by atoms with van der Waals surface area (Å²) in [4.78, 5) is 7.11. The Hall–Kier alpha value is -1.79. The average Bonchev–Trinajstić information content (AvgIpc) is 3.32. The Morgan fingerprint density at radius 1 is 1.24 bits per heavy atom. The van der Waals surface area contributed by atoms with Crippen LogP contribution in [0.3, 0.4) is 0 Å². The highest BCUT2D eigenvalue weighted by molar-refractivity contribution is 5.87. The summed E-state index contributed by atoms with van der Waals surface area (Å²) in [6.45, 7) is 20.8. The van der Waals surface area contributed by atoms with E-state index in [1.165, 1.54) is 5.70 Å². The van der Waals surface area contributed by atoms with Gasteiger partial charge in [-0.1, -0.05) is 46.1 Å². The molecule has 2 aliphatic heterocycles. The number of nitrogens with one attached hydrogen (secondary N) is 3. The molecule has 2 saturated heterocycles. The lowest BCUT2D eigenvalue weighted by molar-refractivity contribution is -0.00456. The van der Waals surface area contributed by atoms with Gasteiger partial charge < -0.3 is 25.6 Å². The van der Waals surface area contributed by atoms with Crippen LogP contribution in [0.5, 0.6) is 0 Å². The second kappa shape index (κ2) is 16.8. The largest absolute Gasteiger partial charge is 0.380 e. The molecule has 3 N–H and O–H groups in total. The molecule has 4 unspecified atom stereocenters. The molecular formula is C27H51N5O. The van der Waals surface area contributed by atoms with Crippen molar-refractivity contribution in [3.05, 3.63) is 36.7 Å². The van der Waals surface area contributed by atoms with E-state index in [1.807, 2.05) is 27.9 Å². The van der Waals surface area contributed by atoms with Crippen molar-refractivity contribution in [3.63, 3.8) is 0 Å². The maximum absolute atomic E-state index is 5.82. The minimum absolute atomic E-state index is 0.196. The summed E-state index contributed by atoms with van der Waals surface area (Å²) in [6, 6.07) is 0.470. The number of likely N-dealkylation sites (tertiary alicyclic amines) is 1. The predicted molar refractivity (Wildman–Crippen MR) is 144 cm³/mol. The third-order valence-corrected chi connectivity index (χ3v) is 6.43. The molecule has 0 aromatic heterocycles. The molecular weight excluding hydrogens is 410 g/mol. The second-order valence-electron chi connectivity index (χ2n) is 8.74. The van der Waals surface area contributed by atoms with Crippen LogP contribution >= 0.6 is 0 Å². The monoisotopic (exact) mass is 461 g/mol. The van der Waals surface area contributed by atoms with E-state index < -0.39 is 0 Å². The summed E-state index contributed by atoms with van der Waals surface area (Å²) in [5, 5.41) is 10.4. The normalized spacial score (nSPS) is 24.2. The minimum Gasteiger partial charge on any atom is -0.380 e. The van der Waals surface area contributed by atoms with Crippen LogP contribution in [0.25, 0.3) is 0 Å². The fourth-order valence-corrected chi connectivity index (χ4v) is 4.65. The molecule has 0 amide bonds. The van der Waals surface area contributed by atoms with Crippen molar-refractivity contribution < 1.29 is 4.74 Å². The molecule has 2 heterocycles. The van der Waals surface area contributed by atoms with Gasteiger partial charge in [0.1, 0.15) is 5.84 Å². The SMILES string of the molecule is C=C(CC)NC(C(=C)N1CCCC1C(=NC)NCC/C=C\CNC)C1CCOC(C)C1.CC. The molecule has 2 fully saturated rings. The van der Waals surface area contributed by atoms with E-state index in [2.05, 4.69) is 65.0 Å². The van der Waals surface area contributed by atoms with Crippen LogP contribution in [0.4, 0.5) is 0 Å². The Bertz CT molecular complexity index is 630. The molecule has 0 aromatic rings. The highest BCUT2D eigenvalue weighted by Gasteiger charge is 2.36. The standard InChI is InChI=1S/C25H45N5O.C2H6/c1-7-19(2)29-24(22-13-17-31-20(3)18-22)21(4)30-16-11-12-23(30)25(27-6)28-15-10-8-9-14-26-5;1-2/h8-9,20,22-24,26,29H,2,4,7,10-18H2,1,3,5-6H3,(H,27,28);1-2H3/b9-8-;. The molecule has 0 aromatic carbocycles. The summed E-state index contributed by atoms with van der Waals surface area (Å²) >= 11 is 0. The number of rotatable bonds is 12. The number of hydrogen-bond acceptors (Lipinski definition) is 5. The van der Waals surface area contributed by atoms with Gasteiger partial charge in [-0.3, -0.25) is 4.99 Å². The number of nitrogens with zero attached hydrogens (tertiary/aromatic N) is 2. The number of amidine groups is 1. The van der Waals surface area contributed by atoms with Gasteiger partial charge in [-0.2, -0.15) is 0 Å². The van der Waals surface area contributed by atoms with Gasteiger partial charge in [-0.25, -0.2) is 0 Å². The maximum Gasteiger partial charge on any atom is 0.119 e. The summed E-state index contributed by atoms with van der Waals surface area (Å²) in [5.74, 6) is 1.59. The Morgan fingerprint density at radius 2 is 2.00 bits per heavy atom. The maximum atomic E-state index is 5.82. The third kappa shape index (κ3) is 9.54. The van der Waals surface area contributed by atoms with Crippen molar-refractivity contribution in [3.8, 4) is 0 Å². The first-order chi connectivity index (χ1) is 16.0. The molecule has 2 aliphatic rings. The van der Waals surface area contributed by atoms with Crippen LogP contribution in [0.2, 0.25) is 0 Å². The fraction of sp³-hybridized carbons (Fsp3) is 0.741. The summed E-state index contributed by atoms with van der Waals surface area (Å²) in [6.07, 6.45) is 11.0. The Kier molecular flexibility index (Phi) is 14.9. The highest BCUT2D eigenvalue weighted by atomic mass is 16.5. The zero-order valence-electron chi connectivity index (χ0n) is 22.3. The molecule has 0 bridgehead atoms. The minimum atomic E-state index is 0.196. The topological polar surface area (TPSA) is 60.9 Å². The van der Waals surface area contributed by atoms with Gasteiger partial charge in [0.25, 0.3) is 0 Å². The van der Waals surface area contributed by atoms with Gasteiger partial charge in [0.15, 0.2) is 0 Å². The van der Waals surface area contributed by atoms with E-state index in [0.29, 0.717) is 12.0 Å². The average molecular weight is 462 g/mol. The quantitative estimate of drug-likeness (QED) is 0.173. The van der Waals surface area contributed by atoms with Gasteiger partial charge >= 0.3 is 0 Å². The lowest BCUT2D eigenvalue weighted by atomic mass is 9.86. The van der Waals surface area contributed by atoms with Crippen molar-refractivity contribution in [2.75, 3.05) is 40.3 Å². The molecule has 0 aliphatic carbocycles. The van der Waals surface area contributed by atoms with Crippen molar-refractivity contribution >= 4 is 5.84 Å². The van der Waals surface area contributed by atoms with Crippen LogP contribution in [0, 0.1) is 5.92 Å². The number of allylic oxidation sites excluding steroid dienone is 1. The Morgan fingerprint density at radius 3 is 2.64 bits per heavy atom. The van der Waals surface area contributed by atoms with Crippen LogP contribution in [0.15, 0.2) is 41.7 Å². The molecule has 2 rings (SSSR count). The van der Waals surface area contributed by atoms with Gasteiger partial charge in [-0.15, -0.1) is 0 Å². The lowest BCUT2D eigenvalue weighted by Gasteiger charge is -2.40. The fourth-order valence-electron chi connectivity index (χ4n) is 4.65. The number of aliphatic imine (C=N–C) groups is 1. The summed E-state index contributed by atoms with van der Waals surface area (Å²) < 4.78 is 5.82. The van der Waals surface area contributed by atoms with Crippen LogP contribution < -0.4 is 16.0 Å². The first kappa shape index (κ1) is 29.2. The number of ether oxygens (including phenoxy) is 1. The zero-order valence-corrected chi connectivity index (χ0v) is 22.3. The molecule has 33 heavy (non-hydrogen) atoms. The van der Waals surface area contributed by atoms with Gasteiger partial charge in [0.05, 0.1) is 18.2 Å². The first-order valence-electron chi connectivity index (χ1n) is 13.0. The van der Waals surface area contributed by atoms with Gasteiger partial charge in [-0.05, 0) is 58.4 Å². The second-order valence-corrected chi connectivity index (χ2v) is 8.74. The molecule has 6 heteroatoms. The first-order valence-corrected chi connectivity index (χ1v) is 13.0. The van der Waals surface area contributed by atoms with E-state index in [-0.39, 0.29) is 12.1 Å². The molecule has 0 radical (unpaired) electrons. The van der Waals surface area contributed by atoms with E-state index >= 15 is 0 Å². The van der Waals surface area contributed by atoms with Crippen LogP contribution in [-0.4, -0.2) is 69.3 Å². The molecule has 0 spiro atoms. The van der Waals surface area contributed by atoms with E-state index in [1.54, 1.807) is 0 Å². The van der Waals surface area contributed by atoms with Crippen molar-refractivity contribution in [1.29, 1.82) is 0 Å². The van der Waals surface area contributed by atoms with Crippen molar-refractivity contribution in [2.45, 2.75) is 84.4 Å². The highest BCUT2D eigenvalue weighted by Crippen LogP contribution is 2.32. The van der Waals surface area contributed by atoms with E-state index in [9.17, 15) is 0 Å². The zero-order chi connectivity index (χ0) is 24.6. The summed E-state index contributed by atoms with van der Waals surface area (Å²) in [7, 11) is 3.86. The van der Waals surface area contributed by atoms with Crippen LogP contribution in [0.1, 0.15) is 66.2 Å². The predicted octanol–water partition coefficient (Wildman–Crippen LogP) is 4.47. The molecule has 190 valence electrons. The Balaban J connectivity index is 0.00000265. The number of hydrogen-bond donors (Lipinski definition) is 3. The molecule has 0 saturated carbocycles. The van der Waals surface area contributed by atoms with Crippen LogP contribution in [-0.2, 0) is 4.74 Å². The van der Waals surface area contributed by atoms with Crippen molar-refractivity contribution in [2.24, 2.45) is 10.9 Å². The van der Waals surface area contributed by atoms with Gasteiger partial charge in [0.2, 0.25) is 0 Å². The number of likely N-dealkylation sites (N-methyl/N-ethyl adjacent to an activating group) is 1. The third-order valence-electron chi connectivity index (χ3n) is 6.43. The van der Waals surface area contributed by atoms with E-state index in [0.717, 1.165) is 76.3 Å². The summed E-state index contributed by atoms with van der Waals surface area (Å²) in [5.41, 5.74) is 2.25. The van der Waals surface area contributed by atoms with Gasteiger partial charge in [0, 0.05) is 44.7 Å². The molecule has 4 atom stereocenters. The van der Waals surface area contributed by atoms with Crippen molar-refractivity contribution in [1.82, 2.24) is 20.9 Å². The Labute approximate surface area is 204 Å². The lowest BCUT2D eigenvalue weighted by Crippen LogP contribution is -2.50.